The number of benzene rings is 2. The van der Waals surface area contributed by atoms with Crippen LogP contribution in [0.2, 0.25) is 10.0 Å². The number of carbonyl (C=O) groups is 1. The first-order valence-electron chi connectivity index (χ1n) is 13.9. The van der Waals surface area contributed by atoms with Gasteiger partial charge in [-0.05, 0) is 85.5 Å². The van der Waals surface area contributed by atoms with Crippen molar-refractivity contribution in [3.8, 4) is 0 Å². The van der Waals surface area contributed by atoms with Gasteiger partial charge in [0.2, 0.25) is 15.9 Å². The number of hydrogen-bond donors (Lipinski definition) is 1. The van der Waals surface area contributed by atoms with Crippen LogP contribution in [0.1, 0.15) is 73.1 Å². The van der Waals surface area contributed by atoms with Crippen molar-refractivity contribution in [1.82, 2.24) is 9.88 Å². The van der Waals surface area contributed by atoms with Gasteiger partial charge in [0, 0.05) is 28.2 Å². The van der Waals surface area contributed by atoms with Crippen LogP contribution in [-0.2, 0) is 14.8 Å². The van der Waals surface area contributed by atoms with Crippen molar-refractivity contribution in [1.29, 1.82) is 0 Å². The number of sulfonamides is 1. The molecule has 2 fully saturated rings. The van der Waals surface area contributed by atoms with Crippen LogP contribution in [0.15, 0.2) is 85.6 Å². The van der Waals surface area contributed by atoms with E-state index in [1.807, 2.05) is 54.3 Å². The number of halogens is 2. The Labute approximate surface area is 252 Å². The van der Waals surface area contributed by atoms with Crippen molar-refractivity contribution in [3.05, 3.63) is 112 Å². The molecule has 0 radical (unpaired) electrons. The monoisotopic (exact) mass is 611 g/mol. The van der Waals surface area contributed by atoms with E-state index in [1.54, 1.807) is 30.5 Å². The summed E-state index contributed by atoms with van der Waals surface area (Å²) in [6.45, 7) is 5.95. The van der Waals surface area contributed by atoms with Gasteiger partial charge in [-0.3, -0.25) is 9.78 Å². The van der Waals surface area contributed by atoms with Crippen LogP contribution in [0.5, 0.6) is 0 Å². The fraction of sp³-hybridized carbons (Fsp3) is 0.375. The third kappa shape index (κ3) is 6.38. The van der Waals surface area contributed by atoms with Gasteiger partial charge >= 0.3 is 0 Å². The van der Waals surface area contributed by atoms with Crippen molar-refractivity contribution in [3.63, 3.8) is 0 Å². The number of hydrogen-bond acceptors (Lipinski definition) is 4. The SMILES string of the molecule is C=CC[C@@]1(C)C[C@H](c2cccc(Cl)c2)[C@@H](c2ccc(Cl)cc2)N([C@@H](CC(c2ccccn2)S(N)(=O)=O)C2CC2)C1=O. The van der Waals surface area contributed by atoms with Gasteiger partial charge < -0.3 is 4.90 Å². The van der Waals surface area contributed by atoms with Crippen LogP contribution in [0.4, 0.5) is 0 Å². The molecule has 1 amide bonds. The number of amides is 1. The second kappa shape index (κ2) is 11.9. The van der Waals surface area contributed by atoms with E-state index < -0.39 is 20.7 Å². The highest BCUT2D eigenvalue weighted by Gasteiger charge is 2.54. The highest BCUT2D eigenvalue weighted by Crippen LogP contribution is 2.55. The van der Waals surface area contributed by atoms with Crippen molar-refractivity contribution in [2.24, 2.45) is 16.5 Å². The van der Waals surface area contributed by atoms with E-state index in [1.165, 1.54) is 0 Å². The second-order valence-corrected chi connectivity index (χ2v) is 14.2. The van der Waals surface area contributed by atoms with E-state index in [2.05, 4.69) is 17.6 Å². The molecule has 1 unspecified atom stereocenters. The van der Waals surface area contributed by atoms with E-state index in [0.717, 1.165) is 24.0 Å². The van der Waals surface area contributed by atoms with E-state index in [0.29, 0.717) is 28.6 Å². The van der Waals surface area contributed by atoms with Gasteiger partial charge in [0.15, 0.2) is 0 Å². The molecule has 3 aromatic rings. The Balaban J connectivity index is 1.69. The highest BCUT2D eigenvalue weighted by atomic mass is 35.5. The van der Waals surface area contributed by atoms with Gasteiger partial charge in [-0.15, -0.1) is 6.58 Å². The summed E-state index contributed by atoms with van der Waals surface area (Å²) in [5.74, 6) is 0.0242. The highest BCUT2D eigenvalue weighted by molar-refractivity contribution is 7.89. The van der Waals surface area contributed by atoms with Gasteiger partial charge in [0.1, 0.15) is 5.25 Å². The number of aromatic nitrogens is 1. The number of nitrogens with zero attached hydrogens (tertiary/aromatic N) is 2. The molecular weight excluding hydrogens is 577 g/mol. The first kappa shape index (κ1) is 29.8. The molecule has 1 aliphatic carbocycles. The van der Waals surface area contributed by atoms with Crippen LogP contribution in [0.25, 0.3) is 0 Å². The first-order chi connectivity index (χ1) is 19.5. The Hall–Kier alpha value is -2.71. The Morgan fingerprint density at radius 1 is 1.07 bits per heavy atom. The lowest BCUT2D eigenvalue weighted by Crippen LogP contribution is -2.56. The Morgan fingerprint density at radius 2 is 1.80 bits per heavy atom. The molecule has 1 saturated carbocycles. The van der Waals surface area contributed by atoms with Gasteiger partial charge in [-0.25, -0.2) is 13.6 Å². The van der Waals surface area contributed by atoms with Crippen LogP contribution in [-0.4, -0.2) is 30.3 Å². The molecule has 0 bridgehead atoms. The molecule has 2 N–H and O–H groups in total. The Bertz CT molecular complexity index is 1510. The van der Waals surface area contributed by atoms with Crippen LogP contribution < -0.4 is 5.14 Å². The Morgan fingerprint density at radius 3 is 2.39 bits per heavy atom. The van der Waals surface area contributed by atoms with E-state index in [9.17, 15) is 13.2 Å². The van der Waals surface area contributed by atoms with Gasteiger partial charge in [-0.1, -0.05) is 66.5 Å². The summed E-state index contributed by atoms with van der Waals surface area (Å²) in [4.78, 5) is 21.0. The quantitative estimate of drug-likeness (QED) is 0.245. The summed E-state index contributed by atoms with van der Waals surface area (Å²) < 4.78 is 26.0. The number of allylic oxidation sites excluding steroid dienone is 1. The predicted octanol–water partition coefficient (Wildman–Crippen LogP) is 7.23. The number of piperidine rings is 1. The lowest BCUT2D eigenvalue weighted by atomic mass is 9.66. The number of carbonyl (C=O) groups excluding carboxylic acids is 1. The topological polar surface area (TPSA) is 93.4 Å². The molecular formula is C32H35Cl2N3O3S. The number of rotatable bonds is 10. The molecule has 5 atom stereocenters. The maximum absolute atomic E-state index is 14.7. The zero-order valence-electron chi connectivity index (χ0n) is 23.0. The minimum Gasteiger partial charge on any atom is -0.331 e. The standard InChI is InChI=1S/C32H35Cl2N3O3S/c1-3-16-32(2)20-26(23-7-6-8-25(34)18-23)30(22-12-14-24(33)15-13-22)37(31(32)38)28(21-10-11-21)19-29(41(35,39)40)27-9-4-5-17-36-27/h3-9,12-15,17-18,21,26,28-30H,1,10-11,16,19-20H2,2H3,(H2,35,39,40)/t26-,28+,29?,30-,32+/m1/s1. The molecule has 1 saturated heterocycles. The van der Waals surface area contributed by atoms with E-state index in [4.69, 9.17) is 28.3 Å². The van der Waals surface area contributed by atoms with Gasteiger partial charge in [0.25, 0.3) is 0 Å². The minimum atomic E-state index is -4.02. The lowest BCUT2D eigenvalue weighted by molar-refractivity contribution is -0.155. The molecule has 0 spiro atoms. The summed E-state index contributed by atoms with van der Waals surface area (Å²) in [7, 11) is -4.02. The van der Waals surface area contributed by atoms with E-state index in [-0.39, 0.29) is 36.2 Å². The maximum Gasteiger partial charge on any atom is 0.229 e. The zero-order valence-corrected chi connectivity index (χ0v) is 25.3. The molecule has 216 valence electrons. The largest absolute Gasteiger partial charge is 0.331 e. The number of pyridine rings is 1. The van der Waals surface area contributed by atoms with Crippen molar-refractivity contribution < 1.29 is 13.2 Å². The van der Waals surface area contributed by atoms with Gasteiger partial charge in [-0.2, -0.15) is 0 Å². The van der Waals surface area contributed by atoms with Crippen LogP contribution >= 0.6 is 23.2 Å². The molecule has 2 heterocycles. The zero-order chi connectivity index (χ0) is 29.4. The van der Waals surface area contributed by atoms with Crippen LogP contribution in [0, 0.1) is 11.3 Å². The molecule has 41 heavy (non-hydrogen) atoms. The fourth-order valence-electron chi connectivity index (χ4n) is 6.48. The first-order valence-corrected chi connectivity index (χ1v) is 16.3. The third-order valence-electron chi connectivity index (χ3n) is 8.58. The van der Waals surface area contributed by atoms with Crippen molar-refractivity contribution >= 4 is 39.1 Å². The number of likely N-dealkylation sites (tertiary alicyclic amines) is 1. The minimum absolute atomic E-state index is 0.0123. The summed E-state index contributed by atoms with van der Waals surface area (Å²) >= 11 is 12.8. The summed E-state index contributed by atoms with van der Waals surface area (Å²) in [5, 5.41) is 6.00. The second-order valence-electron chi connectivity index (χ2n) is 11.6. The molecule has 1 aromatic heterocycles. The smallest absolute Gasteiger partial charge is 0.229 e. The van der Waals surface area contributed by atoms with Crippen LogP contribution in [0.3, 0.4) is 0 Å². The van der Waals surface area contributed by atoms with E-state index >= 15 is 0 Å². The van der Waals surface area contributed by atoms with Gasteiger partial charge in [0.05, 0.1) is 17.2 Å². The molecule has 1 aliphatic heterocycles. The lowest BCUT2D eigenvalue weighted by Gasteiger charge is -2.52. The molecule has 9 heteroatoms. The molecule has 2 aromatic carbocycles. The predicted molar refractivity (Wildman–Crippen MR) is 164 cm³/mol. The average Bonchev–Trinajstić information content (AvgIpc) is 3.77. The molecule has 5 rings (SSSR count). The molecule has 6 nitrogen and oxygen atoms in total. The third-order valence-corrected chi connectivity index (χ3v) is 10.3. The average molecular weight is 613 g/mol. The summed E-state index contributed by atoms with van der Waals surface area (Å²) in [6, 6.07) is 19.8. The summed E-state index contributed by atoms with van der Waals surface area (Å²) in [5.41, 5.74) is 1.59. The normalized spacial score (nSPS) is 24.6. The van der Waals surface area contributed by atoms with Crippen molar-refractivity contribution in [2.45, 2.75) is 62.3 Å². The fourth-order valence-corrected chi connectivity index (χ4v) is 7.74. The maximum atomic E-state index is 14.7. The molecule has 2 aliphatic rings. The summed E-state index contributed by atoms with van der Waals surface area (Å²) in [6.07, 6.45) is 6.39. The van der Waals surface area contributed by atoms with Crippen molar-refractivity contribution in [2.75, 3.05) is 0 Å². The number of nitrogens with two attached hydrogens (primary N) is 1. The number of primary sulfonamides is 1. The Kier molecular flexibility index (Phi) is 8.63.